The van der Waals surface area contributed by atoms with Crippen LogP contribution >= 0.6 is 11.3 Å². The second-order valence-electron chi connectivity index (χ2n) is 7.44. The van der Waals surface area contributed by atoms with Gasteiger partial charge in [0, 0.05) is 42.2 Å². The number of thiazole rings is 1. The maximum atomic E-state index is 13.4. The molecular weight excluding hydrogens is 415 g/mol. The zero-order valence-corrected chi connectivity index (χ0v) is 17.4. The number of likely N-dealkylation sites (tertiary alicyclic amines) is 1. The molecule has 0 atom stereocenters. The molecule has 2 aromatic heterocycles. The fourth-order valence-electron chi connectivity index (χ4n) is 3.80. The van der Waals surface area contributed by atoms with Gasteiger partial charge in [0.1, 0.15) is 17.3 Å². The van der Waals surface area contributed by atoms with E-state index in [0.717, 1.165) is 23.5 Å². The summed E-state index contributed by atoms with van der Waals surface area (Å²) < 4.78 is 15.2. The number of benzene rings is 2. The number of carbonyl (C=O) groups excluding carboxylic acids is 2. The van der Waals surface area contributed by atoms with Gasteiger partial charge in [-0.2, -0.15) is 0 Å². The Morgan fingerprint density at radius 1 is 1.19 bits per heavy atom. The third-order valence-corrected chi connectivity index (χ3v) is 6.10. The van der Waals surface area contributed by atoms with Crippen molar-refractivity contribution in [3.05, 3.63) is 77.1 Å². The number of aromatic nitrogens is 2. The first-order valence-electron chi connectivity index (χ1n) is 9.98. The highest BCUT2D eigenvalue weighted by molar-refractivity contribution is 7.15. The molecule has 0 aliphatic carbocycles. The van der Waals surface area contributed by atoms with Crippen LogP contribution in [0.25, 0.3) is 16.2 Å². The van der Waals surface area contributed by atoms with Gasteiger partial charge in [0.2, 0.25) is 5.91 Å². The predicted molar refractivity (Wildman–Crippen MR) is 118 cm³/mol. The Kier molecular flexibility index (Phi) is 4.99. The summed E-state index contributed by atoms with van der Waals surface area (Å²) in [6.07, 6.45) is 3.30. The van der Waals surface area contributed by atoms with Crippen LogP contribution in [0.1, 0.15) is 28.8 Å². The lowest BCUT2D eigenvalue weighted by Crippen LogP contribution is -2.24. The second kappa shape index (κ2) is 7.96. The Morgan fingerprint density at radius 3 is 2.81 bits per heavy atom. The zero-order chi connectivity index (χ0) is 21.4. The number of imidazole rings is 1. The van der Waals surface area contributed by atoms with Crippen molar-refractivity contribution < 1.29 is 14.0 Å². The predicted octanol–water partition coefficient (Wildman–Crippen LogP) is 4.58. The first-order chi connectivity index (χ1) is 15.1. The summed E-state index contributed by atoms with van der Waals surface area (Å²) in [5.41, 5.74) is 2.71. The average Bonchev–Trinajstić information content (AvgIpc) is 3.47. The quantitative estimate of drug-likeness (QED) is 0.500. The Bertz CT molecular complexity index is 1280. The molecule has 1 saturated heterocycles. The number of fused-ring (bicyclic) bond motifs is 1. The summed E-state index contributed by atoms with van der Waals surface area (Å²) >= 11 is 1.45. The van der Waals surface area contributed by atoms with Crippen molar-refractivity contribution in [3.63, 3.8) is 0 Å². The lowest BCUT2D eigenvalue weighted by atomic mass is 10.1. The lowest BCUT2D eigenvalue weighted by Gasteiger charge is -2.16. The molecule has 2 aromatic carbocycles. The highest BCUT2D eigenvalue weighted by atomic mass is 32.1. The van der Waals surface area contributed by atoms with Gasteiger partial charge in [0.05, 0.1) is 0 Å². The molecule has 1 fully saturated rings. The largest absolute Gasteiger partial charge is 0.338 e. The topological polar surface area (TPSA) is 66.7 Å². The minimum Gasteiger partial charge on any atom is -0.338 e. The van der Waals surface area contributed by atoms with Gasteiger partial charge < -0.3 is 10.2 Å². The number of rotatable bonds is 5. The molecule has 0 radical (unpaired) electrons. The van der Waals surface area contributed by atoms with E-state index in [4.69, 9.17) is 0 Å². The fourth-order valence-corrected chi connectivity index (χ4v) is 4.51. The molecule has 8 heteroatoms. The maximum Gasteiger partial charge on any atom is 0.256 e. The van der Waals surface area contributed by atoms with Crippen LogP contribution in [0.4, 0.5) is 10.2 Å². The first-order valence-corrected chi connectivity index (χ1v) is 10.9. The summed E-state index contributed by atoms with van der Waals surface area (Å²) in [5, 5.41) is 4.86. The number of hydrogen-bond donors (Lipinski definition) is 1. The van der Waals surface area contributed by atoms with E-state index in [-0.39, 0.29) is 17.6 Å². The molecule has 1 N–H and O–H groups in total. The Morgan fingerprint density at radius 2 is 2.03 bits per heavy atom. The third kappa shape index (κ3) is 3.82. The molecule has 1 aliphatic rings. The Hall–Kier alpha value is -3.52. The van der Waals surface area contributed by atoms with Gasteiger partial charge in [-0.25, -0.2) is 9.37 Å². The third-order valence-electron chi connectivity index (χ3n) is 5.35. The molecule has 1 aliphatic heterocycles. The minimum atomic E-state index is -0.330. The molecule has 3 heterocycles. The Balaban J connectivity index is 1.43. The highest BCUT2D eigenvalue weighted by Crippen LogP contribution is 2.31. The molecular formula is C23H19FN4O2S. The fraction of sp³-hybridized carbons (Fsp3) is 0.174. The monoisotopic (exact) mass is 434 g/mol. The van der Waals surface area contributed by atoms with Gasteiger partial charge >= 0.3 is 0 Å². The average molecular weight is 434 g/mol. The van der Waals surface area contributed by atoms with Gasteiger partial charge in [-0.05, 0) is 48.4 Å². The first kappa shape index (κ1) is 19.4. The SMILES string of the molecule is O=C(Nc1c(-c2ccc(F)cc2)nc2sccn12)c1cccc(CN2CCCC2=O)c1. The van der Waals surface area contributed by atoms with E-state index < -0.39 is 0 Å². The summed E-state index contributed by atoms with van der Waals surface area (Å²) in [4.78, 5) is 32.2. The van der Waals surface area contributed by atoms with Gasteiger partial charge in [0.25, 0.3) is 5.91 Å². The number of carbonyl (C=O) groups is 2. The molecule has 31 heavy (non-hydrogen) atoms. The van der Waals surface area contributed by atoms with E-state index >= 15 is 0 Å². The van der Waals surface area contributed by atoms with Crippen LogP contribution in [0, 0.1) is 5.82 Å². The maximum absolute atomic E-state index is 13.4. The zero-order valence-electron chi connectivity index (χ0n) is 16.5. The number of anilines is 1. The minimum absolute atomic E-state index is 0.151. The number of hydrogen-bond acceptors (Lipinski definition) is 4. The molecule has 5 rings (SSSR count). The molecule has 0 unspecified atom stereocenters. The van der Waals surface area contributed by atoms with E-state index in [0.29, 0.717) is 35.6 Å². The van der Waals surface area contributed by atoms with Crippen molar-refractivity contribution in [1.82, 2.24) is 14.3 Å². The van der Waals surface area contributed by atoms with Crippen molar-refractivity contribution in [2.24, 2.45) is 0 Å². The van der Waals surface area contributed by atoms with Crippen molar-refractivity contribution >= 4 is 33.9 Å². The molecule has 0 bridgehead atoms. The summed E-state index contributed by atoms with van der Waals surface area (Å²) in [7, 11) is 0. The summed E-state index contributed by atoms with van der Waals surface area (Å²) in [6, 6.07) is 13.3. The van der Waals surface area contributed by atoms with Crippen molar-refractivity contribution in [1.29, 1.82) is 0 Å². The van der Waals surface area contributed by atoms with Crippen LogP contribution in [0.3, 0.4) is 0 Å². The molecule has 6 nitrogen and oxygen atoms in total. The van der Waals surface area contributed by atoms with E-state index in [2.05, 4.69) is 10.3 Å². The van der Waals surface area contributed by atoms with Gasteiger partial charge in [-0.3, -0.25) is 14.0 Å². The van der Waals surface area contributed by atoms with E-state index in [1.807, 2.05) is 39.1 Å². The molecule has 4 aromatic rings. The smallest absolute Gasteiger partial charge is 0.256 e. The summed E-state index contributed by atoms with van der Waals surface area (Å²) in [5.74, 6) is 0.0838. The van der Waals surface area contributed by atoms with Crippen molar-refractivity contribution in [2.45, 2.75) is 19.4 Å². The van der Waals surface area contributed by atoms with Crippen LogP contribution in [-0.2, 0) is 11.3 Å². The van der Waals surface area contributed by atoms with Crippen LogP contribution in [-0.4, -0.2) is 32.6 Å². The standard InChI is InChI=1S/C23H19FN4O2S/c24-18-8-6-16(7-9-18)20-21(28-11-12-31-23(28)25-20)26-22(30)17-4-1-3-15(13-17)14-27-10-2-5-19(27)29/h1,3-4,6-9,11-13H,2,5,10,14H2,(H,26,30). The van der Waals surface area contributed by atoms with Crippen LogP contribution in [0.15, 0.2) is 60.1 Å². The molecule has 156 valence electrons. The number of nitrogens with one attached hydrogen (secondary N) is 1. The number of halogens is 1. The van der Waals surface area contributed by atoms with Crippen molar-refractivity contribution in [2.75, 3.05) is 11.9 Å². The van der Waals surface area contributed by atoms with Gasteiger partial charge in [-0.15, -0.1) is 11.3 Å². The van der Waals surface area contributed by atoms with Crippen molar-refractivity contribution in [3.8, 4) is 11.3 Å². The number of nitrogens with zero attached hydrogens (tertiary/aromatic N) is 3. The summed E-state index contributed by atoms with van der Waals surface area (Å²) in [6.45, 7) is 1.25. The Labute approximate surface area is 182 Å². The molecule has 0 spiro atoms. The van der Waals surface area contributed by atoms with Crippen LogP contribution in [0.2, 0.25) is 0 Å². The van der Waals surface area contributed by atoms with Gasteiger partial charge in [0.15, 0.2) is 4.96 Å². The van der Waals surface area contributed by atoms with Gasteiger partial charge in [-0.1, -0.05) is 12.1 Å². The molecule has 2 amide bonds. The van der Waals surface area contributed by atoms with Crippen LogP contribution < -0.4 is 5.32 Å². The lowest BCUT2D eigenvalue weighted by molar-refractivity contribution is -0.128. The van der Waals surface area contributed by atoms with E-state index in [1.165, 1.54) is 23.5 Å². The molecule has 0 saturated carbocycles. The normalized spacial score (nSPS) is 13.8. The van der Waals surface area contributed by atoms with E-state index in [1.54, 1.807) is 18.2 Å². The highest BCUT2D eigenvalue weighted by Gasteiger charge is 2.21. The van der Waals surface area contributed by atoms with E-state index in [9.17, 15) is 14.0 Å². The number of amides is 2. The van der Waals surface area contributed by atoms with Crippen LogP contribution in [0.5, 0.6) is 0 Å². The second-order valence-corrected chi connectivity index (χ2v) is 8.32.